The van der Waals surface area contributed by atoms with Crippen LogP contribution in [-0.4, -0.2) is 29.8 Å². The molecular weight excluding hydrogens is 298 g/mol. The Hall–Kier alpha value is -2.88. The quantitative estimate of drug-likeness (QED) is 0.720. The van der Waals surface area contributed by atoms with E-state index in [-0.39, 0.29) is 23.6 Å². The lowest BCUT2D eigenvalue weighted by molar-refractivity contribution is -0.116. The number of aromatic carboxylic acids is 1. The molecule has 7 nitrogen and oxygen atoms in total. The van der Waals surface area contributed by atoms with Gasteiger partial charge in [0.25, 0.3) is 0 Å². The van der Waals surface area contributed by atoms with E-state index in [1.165, 1.54) is 25.3 Å². The van der Waals surface area contributed by atoms with Gasteiger partial charge < -0.3 is 15.2 Å². The van der Waals surface area contributed by atoms with Crippen LogP contribution in [0.3, 0.4) is 0 Å². The average Bonchev–Trinajstić information content (AvgIpc) is 3.31. The van der Waals surface area contributed by atoms with Crippen LogP contribution in [0.5, 0.6) is 5.75 Å². The number of nitrogens with one attached hydrogen (secondary N) is 1. The monoisotopic (exact) mass is 315 g/mol. The van der Waals surface area contributed by atoms with Crippen LogP contribution in [0, 0.1) is 12.3 Å². The Bertz CT molecular complexity index is 685. The second-order valence-corrected chi connectivity index (χ2v) is 5.15. The molecule has 0 fully saturated rings. The predicted molar refractivity (Wildman–Crippen MR) is 83.5 cm³/mol. The first-order valence-corrected chi connectivity index (χ1v) is 7.08. The van der Waals surface area contributed by atoms with Gasteiger partial charge >= 0.3 is 5.97 Å². The lowest BCUT2D eigenvalue weighted by atomic mass is 10.0. The van der Waals surface area contributed by atoms with Crippen LogP contribution in [0.25, 0.3) is 0 Å². The van der Waals surface area contributed by atoms with Crippen LogP contribution in [0.1, 0.15) is 36.0 Å². The molecule has 1 heterocycles. The molecule has 0 saturated carbocycles. The van der Waals surface area contributed by atoms with Crippen molar-refractivity contribution in [2.75, 3.05) is 12.4 Å². The number of hydrogen-bond acceptors (Lipinski definition) is 5. The molecule has 0 radical (unpaired) electrons. The highest BCUT2D eigenvalue weighted by Crippen LogP contribution is 2.37. The number of carboxylic acid groups (broad SMARTS) is 1. The standard InChI is InChI=1S/C16H17N3O4/c1-3-4-8-16(18-19-16)9-7-14(20)17-11-5-6-12(15(21)22)13(10-11)23-2/h1,5-6,10H,4,7-9H2,2H3,(H,17,20)(H,21,22). The third-order valence-corrected chi connectivity index (χ3v) is 3.52. The molecule has 1 aliphatic rings. The number of carboxylic acids is 1. The van der Waals surface area contributed by atoms with Crippen molar-refractivity contribution in [3.63, 3.8) is 0 Å². The zero-order chi connectivity index (χ0) is 16.9. The molecule has 1 aliphatic heterocycles. The van der Waals surface area contributed by atoms with E-state index in [4.69, 9.17) is 16.3 Å². The summed E-state index contributed by atoms with van der Waals surface area (Å²) in [5.41, 5.74) is 0.0164. The van der Waals surface area contributed by atoms with Gasteiger partial charge in [0.15, 0.2) is 5.66 Å². The van der Waals surface area contributed by atoms with Crippen molar-refractivity contribution in [2.24, 2.45) is 10.2 Å². The largest absolute Gasteiger partial charge is 0.496 e. The van der Waals surface area contributed by atoms with Gasteiger partial charge in [-0.25, -0.2) is 4.79 Å². The number of methoxy groups -OCH3 is 1. The first-order chi connectivity index (χ1) is 11.0. The van der Waals surface area contributed by atoms with Crippen LogP contribution in [0.4, 0.5) is 5.69 Å². The number of anilines is 1. The number of carbonyl (C=O) groups excluding carboxylic acids is 1. The van der Waals surface area contributed by atoms with Crippen molar-refractivity contribution in [1.29, 1.82) is 0 Å². The highest BCUT2D eigenvalue weighted by Gasteiger charge is 2.39. The molecule has 120 valence electrons. The van der Waals surface area contributed by atoms with Crippen molar-refractivity contribution in [1.82, 2.24) is 0 Å². The van der Waals surface area contributed by atoms with Crippen molar-refractivity contribution < 1.29 is 19.4 Å². The zero-order valence-electron chi connectivity index (χ0n) is 12.7. The SMILES string of the molecule is C#CCCC1(CCC(=O)Nc2ccc(C(=O)O)c(OC)c2)N=N1. The van der Waals surface area contributed by atoms with Gasteiger partial charge in [-0.15, -0.1) is 12.3 Å². The Labute approximate surface area is 133 Å². The Kier molecular flexibility index (Phi) is 4.96. The van der Waals surface area contributed by atoms with Gasteiger partial charge in [0.1, 0.15) is 11.3 Å². The molecular formula is C16H17N3O4. The molecule has 0 unspecified atom stereocenters. The minimum atomic E-state index is -1.09. The summed E-state index contributed by atoms with van der Waals surface area (Å²) in [6, 6.07) is 4.38. The zero-order valence-corrected chi connectivity index (χ0v) is 12.7. The van der Waals surface area contributed by atoms with E-state index in [0.717, 1.165) is 0 Å². The Balaban J connectivity index is 1.91. The second kappa shape index (κ2) is 6.92. The lowest BCUT2D eigenvalue weighted by Gasteiger charge is -2.11. The fourth-order valence-corrected chi connectivity index (χ4v) is 2.15. The maximum Gasteiger partial charge on any atom is 0.339 e. The van der Waals surface area contributed by atoms with Gasteiger partial charge in [-0.1, -0.05) is 0 Å². The number of rotatable bonds is 8. The third kappa shape index (κ3) is 4.30. The minimum absolute atomic E-state index is 0.0364. The number of terminal acetylenes is 1. The Morgan fingerprint density at radius 3 is 2.70 bits per heavy atom. The van der Waals surface area contributed by atoms with Crippen molar-refractivity contribution in [3.05, 3.63) is 23.8 Å². The smallest absolute Gasteiger partial charge is 0.339 e. The van der Waals surface area contributed by atoms with Crippen LogP contribution in [-0.2, 0) is 4.79 Å². The van der Waals surface area contributed by atoms with E-state index < -0.39 is 11.6 Å². The van der Waals surface area contributed by atoms with Crippen LogP contribution >= 0.6 is 0 Å². The Morgan fingerprint density at radius 1 is 1.39 bits per heavy atom. The molecule has 0 aromatic heterocycles. The molecule has 23 heavy (non-hydrogen) atoms. The van der Waals surface area contributed by atoms with Gasteiger partial charge in [0.2, 0.25) is 5.91 Å². The number of benzene rings is 1. The fraction of sp³-hybridized carbons (Fsp3) is 0.375. The second-order valence-electron chi connectivity index (χ2n) is 5.15. The molecule has 0 aliphatic carbocycles. The van der Waals surface area contributed by atoms with E-state index in [1.54, 1.807) is 0 Å². The van der Waals surface area contributed by atoms with Crippen molar-refractivity contribution in [3.8, 4) is 18.1 Å². The molecule has 1 amide bonds. The Morgan fingerprint density at radius 2 is 2.13 bits per heavy atom. The molecule has 2 N–H and O–H groups in total. The normalized spacial score (nSPS) is 13.9. The third-order valence-electron chi connectivity index (χ3n) is 3.52. The molecule has 0 atom stereocenters. The molecule has 2 rings (SSSR count). The summed E-state index contributed by atoms with van der Waals surface area (Å²) in [6.07, 6.45) is 7.19. The van der Waals surface area contributed by atoms with E-state index in [2.05, 4.69) is 21.5 Å². The summed E-state index contributed by atoms with van der Waals surface area (Å²) >= 11 is 0. The van der Waals surface area contributed by atoms with Crippen LogP contribution < -0.4 is 10.1 Å². The number of hydrogen-bond donors (Lipinski definition) is 2. The minimum Gasteiger partial charge on any atom is -0.496 e. The highest BCUT2D eigenvalue weighted by molar-refractivity contribution is 5.94. The van der Waals surface area contributed by atoms with E-state index in [1.807, 2.05) is 0 Å². The summed E-state index contributed by atoms with van der Waals surface area (Å²) < 4.78 is 5.02. The molecule has 1 aromatic rings. The van der Waals surface area contributed by atoms with Crippen molar-refractivity contribution in [2.45, 2.75) is 31.3 Å². The topological polar surface area (TPSA) is 100 Å². The fourth-order valence-electron chi connectivity index (χ4n) is 2.15. The maximum absolute atomic E-state index is 12.0. The number of carbonyl (C=O) groups is 2. The first kappa shape index (κ1) is 16.5. The lowest BCUT2D eigenvalue weighted by Crippen LogP contribution is -2.17. The van der Waals surface area contributed by atoms with E-state index >= 15 is 0 Å². The molecule has 0 saturated heterocycles. The van der Waals surface area contributed by atoms with Gasteiger partial charge in [0, 0.05) is 37.4 Å². The van der Waals surface area contributed by atoms with Gasteiger partial charge in [0.05, 0.1) is 7.11 Å². The molecule has 1 aromatic carbocycles. The summed E-state index contributed by atoms with van der Waals surface area (Å²) in [5, 5.41) is 19.7. The summed E-state index contributed by atoms with van der Waals surface area (Å²) in [4.78, 5) is 23.0. The molecule has 7 heteroatoms. The summed E-state index contributed by atoms with van der Waals surface area (Å²) in [5.74, 6) is 1.43. The maximum atomic E-state index is 12.0. The number of nitrogens with zero attached hydrogens (tertiary/aromatic N) is 2. The van der Waals surface area contributed by atoms with Crippen LogP contribution in [0.15, 0.2) is 28.4 Å². The van der Waals surface area contributed by atoms with Crippen molar-refractivity contribution >= 4 is 17.6 Å². The predicted octanol–water partition coefficient (Wildman–Crippen LogP) is 2.69. The molecule has 0 spiro atoms. The number of amides is 1. The summed E-state index contributed by atoms with van der Waals surface area (Å²) in [7, 11) is 1.37. The van der Waals surface area contributed by atoms with E-state index in [9.17, 15) is 9.59 Å². The van der Waals surface area contributed by atoms with Crippen LogP contribution in [0.2, 0.25) is 0 Å². The first-order valence-electron chi connectivity index (χ1n) is 7.08. The van der Waals surface area contributed by atoms with Gasteiger partial charge in [-0.3, -0.25) is 4.79 Å². The average molecular weight is 315 g/mol. The molecule has 0 bridgehead atoms. The highest BCUT2D eigenvalue weighted by atomic mass is 16.5. The number of ether oxygens (including phenoxy) is 1. The van der Waals surface area contributed by atoms with Gasteiger partial charge in [-0.2, -0.15) is 10.2 Å². The summed E-state index contributed by atoms with van der Waals surface area (Å²) in [6.45, 7) is 0. The van der Waals surface area contributed by atoms with E-state index in [0.29, 0.717) is 24.9 Å². The van der Waals surface area contributed by atoms with Gasteiger partial charge in [-0.05, 0) is 12.1 Å².